The molecule has 0 radical (unpaired) electrons. The molecule has 0 spiro atoms. The number of hydrogen-bond acceptors (Lipinski definition) is 3. The van der Waals surface area contributed by atoms with Crippen LogP contribution in [0, 0.1) is 0 Å². The lowest BCUT2D eigenvalue weighted by Gasteiger charge is -2.09. The number of alkyl halides is 1. The third-order valence-electron chi connectivity index (χ3n) is 1.69. The molecule has 1 heterocycles. The summed E-state index contributed by atoms with van der Waals surface area (Å²) in [4.78, 5) is 4.01. The van der Waals surface area contributed by atoms with Crippen LogP contribution >= 0.6 is 0 Å². The fourth-order valence-electron chi connectivity index (χ4n) is 1.12. The normalized spacial score (nSPS) is 29.4. The minimum absolute atomic E-state index is 0.139. The van der Waals surface area contributed by atoms with Gasteiger partial charge >= 0.3 is 6.54 Å². The number of ether oxygens (including phenoxy) is 1. The van der Waals surface area contributed by atoms with E-state index in [0.717, 1.165) is 0 Å². The number of benzene rings is 1. The summed E-state index contributed by atoms with van der Waals surface area (Å²) in [5, 5.41) is -0.139. The standard InChI is InChI=1S/C8H7F2NO2/c9-8-12-7(11(10)13-8)6-4-2-1-3-5-6/h1-5,7-8H. The fraction of sp³-hybridized carbons (Fsp3) is 0.250. The van der Waals surface area contributed by atoms with E-state index in [4.69, 9.17) is 0 Å². The van der Waals surface area contributed by atoms with Gasteiger partial charge in [0.15, 0.2) is 6.23 Å². The first kappa shape index (κ1) is 8.55. The summed E-state index contributed by atoms with van der Waals surface area (Å²) < 4.78 is 29.7. The lowest BCUT2D eigenvalue weighted by Crippen LogP contribution is -2.12. The Bertz CT molecular complexity index is 283. The molecule has 0 amide bonds. The summed E-state index contributed by atoms with van der Waals surface area (Å²) in [7, 11) is 0. The zero-order valence-electron chi connectivity index (χ0n) is 6.56. The van der Waals surface area contributed by atoms with Gasteiger partial charge in [0.25, 0.3) is 0 Å². The van der Waals surface area contributed by atoms with Gasteiger partial charge in [0.1, 0.15) is 0 Å². The zero-order valence-corrected chi connectivity index (χ0v) is 6.56. The lowest BCUT2D eigenvalue weighted by atomic mass is 10.2. The molecule has 2 rings (SSSR count). The van der Waals surface area contributed by atoms with E-state index >= 15 is 0 Å². The van der Waals surface area contributed by atoms with Crippen molar-refractivity contribution >= 4 is 0 Å². The van der Waals surface area contributed by atoms with Crippen molar-refractivity contribution in [3.63, 3.8) is 0 Å². The van der Waals surface area contributed by atoms with Gasteiger partial charge in [0, 0.05) is 10.8 Å². The van der Waals surface area contributed by atoms with E-state index in [9.17, 15) is 8.87 Å². The predicted molar refractivity (Wildman–Crippen MR) is 39.2 cm³/mol. The fourth-order valence-corrected chi connectivity index (χ4v) is 1.12. The molecular formula is C8H7F2NO2. The highest BCUT2D eigenvalue weighted by Crippen LogP contribution is 2.31. The van der Waals surface area contributed by atoms with Crippen molar-refractivity contribution in [2.75, 3.05) is 0 Å². The Morgan fingerprint density at radius 1 is 1.23 bits per heavy atom. The van der Waals surface area contributed by atoms with Crippen LogP contribution in [-0.2, 0) is 9.57 Å². The Morgan fingerprint density at radius 3 is 2.46 bits per heavy atom. The molecule has 5 heteroatoms. The highest BCUT2D eigenvalue weighted by molar-refractivity contribution is 5.16. The summed E-state index contributed by atoms with van der Waals surface area (Å²) in [5.74, 6) is 0. The molecule has 1 aromatic rings. The van der Waals surface area contributed by atoms with Gasteiger partial charge < -0.3 is 0 Å². The number of hydroxylamine groups is 1. The first-order valence-corrected chi connectivity index (χ1v) is 3.73. The second-order valence-corrected chi connectivity index (χ2v) is 2.55. The van der Waals surface area contributed by atoms with E-state index in [1.165, 1.54) is 0 Å². The van der Waals surface area contributed by atoms with E-state index in [1.807, 2.05) is 0 Å². The minimum Gasteiger partial charge on any atom is -0.297 e. The third-order valence-corrected chi connectivity index (χ3v) is 1.69. The maximum Gasteiger partial charge on any atom is 0.329 e. The molecule has 0 saturated carbocycles. The van der Waals surface area contributed by atoms with E-state index in [0.29, 0.717) is 5.56 Å². The first-order chi connectivity index (χ1) is 6.27. The molecule has 1 aliphatic heterocycles. The van der Waals surface area contributed by atoms with Gasteiger partial charge in [-0.3, -0.25) is 4.74 Å². The maximum atomic E-state index is 12.8. The van der Waals surface area contributed by atoms with Crippen molar-refractivity contribution in [2.45, 2.75) is 12.8 Å². The van der Waals surface area contributed by atoms with Crippen LogP contribution in [0.25, 0.3) is 0 Å². The first-order valence-electron chi connectivity index (χ1n) is 3.73. The van der Waals surface area contributed by atoms with Crippen LogP contribution in [0.2, 0.25) is 0 Å². The van der Waals surface area contributed by atoms with Crippen molar-refractivity contribution < 1.29 is 18.4 Å². The molecule has 13 heavy (non-hydrogen) atoms. The lowest BCUT2D eigenvalue weighted by molar-refractivity contribution is -0.304. The smallest absolute Gasteiger partial charge is 0.297 e. The average Bonchev–Trinajstić information content (AvgIpc) is 2.47. The number of rotatable bonds is 1. The molecule has 0 N–H and O–H groups in total. The number of hydrogen-bond donors (Lipinski definition) is 0. The van der Waals surface area contributed by atoms with Gasteiger partial charge in [-0.15, -0.1) is 4.48 Å². The highest BCUT2D eigenvalue weighted by atomic mass is 19.2. The summed E-state index contributed by atoms with van der Waals surface area (Å²) >= 11 is 0. The van der Waals surface area contributed by atoms with Gasteiger partial charge in [0.2, 0.25) is 0 Å². The van der Waals surface area contributed by atoms with E-state index in [2.05, 4.69) is 9.57 Å². The molecule has 0 aromatic heterocycles. The van der Waals surface area contributed by atoms with Crippen LogP contribution in [0.1, 0.15) is 11.8 Å². The Morgan fingerprint density at radius 2 is 1.92 bits per heavy atom. The third kappa shape index (κ3) is 1.67. The number of halogens is 2. The summed E-state index contributed by atoms with van der Waals surface area (Å²) in [6.45, 7) is -2.03. The van der Waals surface area contributed by atoms with Crippen LogP contribution in [0.3, 0.4) is 0 Å². The summed E-state index contributed by atoms with van der Waals surface area (Å²) in [6.07, 6.45) is -1.11. The van der Waals surface area contributed by atoms with Gasteiger partial charge in [-0.1, -0.05) is 30.3 Å². The monoisotopic (exact) mass is 187 g/mol. The molecule has 2 unspecified atom stereocenters. The van der Waals surface area contributed by atoms with Crippen molar-refractivity contribution in [2.24, 2.45) is 0 Å². The second kappa shape index (κ2) is 3.37. The Hall–Kier alpha value is -1.04. The van der Waals surface area contributed by atoms with Crippen LogP contribution in [0.5, 0.6) is 0 Å². The van der Waals surface area contributed by atoms with Crippen LogP contribution in [0.4, 0.5) is 8.87 Å². The predicted octanol–water partition coefficient (Wildman–Crippen LogP) is 2.09. The molecule has 1 aromatic carbocycles. The van der Waals surface area contributed by atoms with Crippen molar-refractivity contribution in [3.8, 4) is 0 Å². The SMILES string of the molecule is FC1OC(c2ccccc2)N(F)O1. The Labute approximate surface area is 73.4 Å². The van der Waals surface area contributed by atoms with Crippen LogP contribution < -0.4 is 0 Å². The minimum atomic E-state index is -2.03. The molecule has 70 valence electrons. The van der Waals surface area contributed by atoms with E-state index < -0.39 is 12.8 Å². The van der Waals surface area contributed by atoms with Crippen molar-refractivity contribution in [1.82, 2.24) is 5.29 Å². The zero-order chi connectivity index (χ0) is 9.26. The average molecular weight is 187 g/mol. The molecular weight excluding hydrogens is 180 g/mol. The van der Waals surface area contributed by atoms with Crippen molar-refractivity contribution in [3.05, 3.63) is 35.9 Å². The molecule has 1 aliphatic rings. The summed E-state index contributed by atoms with van der Waals surface area (Å²) in [6, 6.07) is 8.43. The topological polar surface area (TPSA) is 21.7 Å². The molecule has 2 atom stereocenters. The van der Waals surface area contributed by atoms with Gasteiger partial charge in [-0.25, -0.2) is 4.84 Å². The largest absolute Gasteiger partial charge is 0.329 e. The van der Waals surface area contributed by atoms with E-state index in [-0.39, 0.29) is 5.29 Å². The Balaban J connectivity index is 2.18. The van der Waals surface area contributed by atoms with E-state index in [1.54, 1.807) is 30.3 Å². The quantitative estimate of drug-likeness (QED) is 0.628. The number of nitrogens with zero attached hydrogens (tertiary/aromatic N) is 1. The maximum absolute atomic E-state index is 12.8. The Kier molecular flexibility index (Phi) is 2.22. The van der Waals surface area contributed by atoms with Crippen LogP contribution in [-0.4, -0.2) is 11.8 Å². The molecule has 1 fully saturated rings. The second-order valence-electron chi connectivity index (χ2n) is 2.55. The molecule has 0 aliphatic carbocycles. The molecule has 0 bridgehead atoms. The summed E-state index contributed by atoms with van der Waals surface area (Å²) in [5.41, 5.74) is 0.505. The highest BCUT2D eigenvalue weighted by Gasteiger charge is 2.35. The molecule has 1 saturated heterocycles. The molecule has 3 nitrogen and oxygen atoms in total. The van der Waals surface area contributed by atoms with Gasteiger partial charge in [-0.2, -0.15) is 4.39 Å². The van der Waals surface area contributed by atoms with Gasteiger partial charge in [0.05, 0.1) is 0 Å². The van der Waals surface area contributed by atoms with Gasteiger partial charge in [-0.05, 0) is 0 Å². The van der Waals surface area contributed by atoms with Crippen molar-refractivity contribution in [1.29, 1.82) is 0 Å². The van der Waals surface area contributed by atoms with Crippen LogP contribution in [0.15, 0.2) is 30.3 Å².